The van der Waals surface area contributed by atoms with Crippen molar-refractivity contribution in [2.45, 2.75) is 32.7 Å². The number of fused-ring (bicyclic) bond motifs is 1. The minimum absolute atomic E-state index is 0.0736. The number of ether oxygens (including phenoxy) is 1. The molecule has 3 heterocycles. The number of nitrogens with one attached hydrogen (secondary N) is 2. The summed E-state index contributed by atoms with van der Waals surface area (Å²) < 4.78 is 7.14. The van der Waals surface area contributed by atoms with Gasteiger partial charge >= 0.3 is 0 Å². The van der Waals surface area contributed by atoms with Gasteiger partial charge < -0.3 is 20.3 Å². The van der Waals surface area contributed by atoms with E-state index < -0.39 is 5.92 Å². The van der Waals surface area contributed by atoms with Gasteiger partial charge in [-0.2, -0.15) is 5.10 Å². The van der Waals surface area contributed by atoms with Crippen LogP contribution in [0.15, 0.2) is 77.8 Å². The third-order valence-electron chi connectivity index (χ3n) is 7.64. The van der Waals surface area contributed by atoms with Crippen molar-refractivity contribution in [3.8, 4) is 0 Å². The molecule has 2 aliphatic rings. The number of aliphatic imine (C=N–C) groups is 1. The van der Waals surface area contributed by atoms with E-state index in [1.807, 2.05) is 62.4 Å². The smallest absolute Gasteiger partial charge is 0.273 e. The molecule has 1 atom stereocenters. The number of hydrogen-bond donors (Lipinski definition) is 2. The molecule has 1 aromatic heterocycles. The average molecular weight is 563 g/mol. The van der Waals surface area contributed by atoms with Gasteiger partial charge in [-0.1, -0.05) is 24.3 Å². The molecule has 2 amide bonds. The number of morpholine rings is 1. The third kappa shape index (κ3) is 5.96. The number of amides is 2. The Morgan fingerprint density at radius 2 is 1.79 bits per heavy atom. The Morgan fingerprint density at radius 1 is 1.05 bits per heavy atom. The van der Waals surface area contributed by atoms with Gasteiger partial charge in [0.2, 0.25) is 5.91 Å². The summed E-state index contributed by atoms with van der Waals surface area (Å²) in [5, 5.41) is 10.3. The Bertz CT molecular complexity index is 1620. The van der Waals surface area contributed by atoms with Crippen LogP contribution in [0.25, 0.3) is 0 Å². The molecule has 3 aromatic carbocycles. The maximum Gasteiger partial charge on any atom is 0.273 e. The molecule has 0 aliphatic carbocycles. The lowest BCUT2D eigenvalue weighted by Crippen LogP contribution is -2.36. The van der Waals surface area contributed by atoms with Crippen molar-refractivity contribution in [2.75, 3.05) is 41.8 Å². The molecule has 1 saturated heterocycles. The van der Waals surface area contributed by atoms with Crippen molar-refractivity contribution in [3.63, 3.8) is 0 Å². The molecular weight excluding hydrogens is 528 g/mol. The van der Waals surface area contributed by atoms with Gasteiger partial charge in [0.05, 0.1) is 24.6 Å². The average Bonchev–Trinajstić information content (AvgIpc) is 3.55. The normalized spacial score (nSPS) is 16.5. The standard InChI is InChI=1S/C33H34N6O3/c1-3-39-31(18-22(2)37-39)33(41)35-26-7-4-23(5-8-26)19-24-6-13-30-28(20-24)29(32(40)36-30)21-34-25-9-11-27(12-10-25)38-14-16-42-17-15-38/h4-13,18,20-21,29H,3,14-17,19H2,1-2H3,(H,35,41)(H,36,40). The lowest BCUT2D eigenvalue weighted by molar-refractivity contribution is -0.115. The zero-order valence-corrected chi connectivity index (χ0v) is 23.8. The number of hydrogen-bond acceptors (Lipinski definition) is 6. The molecule has 2 N–H and O–H groups in total. The molecule has 2 aliphatic heterocycles. The Hall–Kier alpha value is -4.76. The Labute approximate surface area is 245 Å². The highest BCUT2D eigenvalue weighted by Gasteiger charge is 2.29. The van der Waals surface area contributed by atoms with Crippen LogP contribution in [0.4, 0.5) is 22.7 Å². The van der Waals surface area contributed by atoms with Crippen LogP contribution in [0.2, 0.25) is 0 Å². The van der Waals surface area contributed by atoms with Crippen molar-refractivity contribution in [1.29, 1.82) is 0 Å². The lowest BCUT2D eigenvalue weighted by atomic mass is 9.96. The zero-order valence-electron chi connectivity index (χ0n) is 23.8. The topological polar surface area (TPSA) is 101 Å². The van der Waals surface area contributed by atoms with E-state index in [-0.39, 0.29) is 11.8 Å². The van der Waals surface area contributed by atoms with Gasteiger partial charge in [0, 0.05) is 42.9 Å². The van der Waals surface area contributed by atoms with Crippen molar-refractivity contribution < 1.29 is 14.3 Å². The number of nitrogens with zero attached hydrogens (tertiary/aromatic N) is 4. The fourth-order valence-electron chi connectivity index (χ4n) is 5.43. The minimum atomic E-state index is -0.448. The van der Waals surface area contributed by atoms with Crippen LogP contribution in [-0.4, -0.2) is 54.1 Å². The molecule has 0 spiro atoms. The van der Waals surface area contributed by atoms with Crippen LogP contribution in [-0.2, 0) is 22.5 Å². The molecule has 9 nitrogen and oxygen atoms in total. The van der Waals surface area contributed by atoms with Crippen LogP contribution in [0.3, 0.4) is 0 Å². The molecular formula is C33H34N6O3. The van der Waals surface area contributed by atoms with Crippen LogP contribution >= 0.6 is 0 Å². The van der Waals surface area contributed by atoms with Gasteiger partial charge in [-0.05, 0) is 85.5 Å². The summed E-state index contributed by atoms with van der Waals surface area (Å²) in [4.78, 5) is 32.5. The van der Waals surface area contributed by atoms with Crippen LogP contribution in [0.5, 0.6) is 0 Å². The summed E-state index contributed by atoms with van der Waals surface area (Å²) in [7, 11) is 0. The van der Waals surface area contributed by atoms with E-state index in [9.17, 15) is 9.59 Å². The van der Waals surface area contributed by atoms with E-state index in [1.54, 1.807) is 17.0 Å². The first kappa shape index (κ1) is 27.4. The fourth-order valence-corrected chi connectivity index (χ4v) is 5.43. The highest BCUT2D eigenvalue weighted by Crippen LogP contribution is 2.33. The number of benzene rings is 3. The number of carbonyl (C=O) groups excluding carboxylic acids is 2. The van der Waals surface area contributed by atoms with Gasteiger partial charge in [0.25, 0.3) is 5.91 Å². The zero-order chi connectivity index (χ0) is 29.1. The summed E-state index contributed by atoms with van der Waals surface area (Å²) in [5.74, 6) is -0.700. The van der Waals surface area contributed by atoms with Gasteiger partial charge in [-0.15, -0.1) is 0 Å². The first-order valence-corrected chi connectivity index (χ1v) is 14.3. The first-order valence-electron chi connectivity index (χ1n) is 14.3. The van der Waals surface area contributed by atoms with Gasteiger partial charge in [-0.3, -0.25) is 19.3 Å². The van der Waals surface area contributed by atoms with E-state index in [1.165, 1.54) is 0 Å². The van der Waals surface area contributed by atoms with E-state index >= 15 is 0 Å². The molecule has 0 radical (unpaired) electrons. The monoisotopic (exact) mass is 562 g/mol. The number of carbonyl (C=O) groups is 2. The van der Waals surface area contributed by atoms with E-state index in [2.05, 4.69) is 43.8 Å². The molecule has 9 heteroatoms. The predicted molar refractivity (Wildman–Crippen MR) is 165 cm³/mol. The van der Waals surface area contributed by atoms with Crippen LogP contribution in [0.1, 0.15) is 45.7 Å². The number of anilines is 3. The second-order valence-corrected chi connectivity index (χ2v) is 10.6. The minimum Gasteiger partial charge on any atom is -0.378 e. The van der Waals surface area contributed by atoms with E-state index in [0.29, 0.717) is 18.7 Å². The molecule has 214 valence electrons. The summed E-state index contributed by atoms with van der Waals surface area (Å²) in [6.45, 7) is 7.73. The first-order chi connectivity index (χ1) is 20.5. The van der Waals surface area contributed by atoms with E-state index in [0.717, 1.165) is 71.4 Å². The SMILES string of the molecule is CCn1nc(C)cc1C(=O)Nc1ccc(Cc2ccc3c(c2)C(C=Nc2ccc(N4CCOCC4)cc2)C(=O)N3)cc1. The quantitative estimate of drug-likeness (QED) is 0.283. The molecule has 1 fully saturated rings. The largest absolute Gasteiger partial charge is 0.378 e. The highest BCUT2D eigenvalue weighted by molar-refractivity contribution is 6.12. The van der Waals surface area contributed by atoms with Gasteiger partial charge in [-0.25, -0.2) is 0 Å². The fraction of sp³-hybridized carbons (Fsp3) is 0.273. The number of aromatic nitrogens is 2. The summed E-state index contributed by atoms with van der Waals surface area (Å²) in [6.07, 6.45) is 2.43. The van der Waals surface area contributed by atoms with Crippen molar-refractivity contribution >= 4 is 40.8 Å². The van der Waals surface area contributed by atoms with Gasteiger partial charge in [0.15, 0.2) is 0 Å². The summed E-state index contributed by atoms with van der Waals surface area (Å²) >= 11 is 0. The Balaban J connectivity index is 1.11. The maximum absolute atomic E-state index is 12.8. The Morgan fingerprint density at radius 3 is 2.52 bits per heavy atom. The summed E-state index contributed by atoms with van der Waals surface area (Å²) in [6, 6.07) is 23.8. The summed E-state index contributed by atoms with van der Waals surface area (Å²) in [5.41, 5.74) is 8.00. The van der Waals surface area contributed by atoms with Crippen LogP contribution < -0.4 is 15.5 Å². The molecule has 0 bridgehead atoms. The van der Waals surface area contributed by atoms with E-state index in [4.69, 9.17) is 4.74 Å². The second kappa shape index (κ2) is 12.0. The second-order valence-electron chi connectivity index (χ2n) is 10.6. The molecule has 6 rings (SSSR count). The van der Waals surface area contributed by atoms with Gasteiger partial charge in [0.1, 0.15) is 11.6 Å². The number of aryl methyl sites for hydroxylation is 2. The number of rotatable bonds is 8. The lowest BCUT2D eigenvalue weighted by Gasteiger charge is -2.28. The van der Waals surface area contributed by atoms with Crippen LogP contribution in [0, 0.1) is 6.92 Å². The Kier molecular flexibility index (Phi) is 7.83. The van der Waals surface area contributed by atoms with Crippen molar-refractivity contribution in [1.82, 2.24) is 9.78 Å². The molecule has 1 unspecified atom stereocenters. The van der Waals surface area contributed by atoms with Crippen molar-refractivity contribution in [2.24, 2.45) is 4.99 Å². The predicted octanol–water partition coefficient (Wildman–Crippen LogP) is 5.33. The molecule has 42 heavy (non-hydrogen) atoms. The molecule has 0 saturated carbocycles. The molecule has 4 aromatic rings. The maximum atomic E-state index is 12.8. The highest BCUT2D eigenvalue weighted by atomic mass is 16.5. The third-order valence-corrected chi connectivity index (χ3v) is 7.64. The van der Waals surface area contributed by atoms with Crippen molar-refractivity contribution in [3.05, 3.63) is 101 Å².